The molecular weight excluding hydrogens is 114 g/mol. The Morgan fingerprint density at radius 3 is 2.11 bits per heavy atom. The van der Waals surface area contributed by atoms with E-state index < -0.39 is 0 Å². The molecular formula is C7H17NO. The van der Waals surface area contributed by atoms with Gasteiger partial charge in [0.05, 0.1) is 12.8 Å². The molecule has 0 heterocycles. The molecule has 0 aliphatic carbocycles. The monoisotopic (exact) mass is 131 g/mol. The van der Waals surface area contributed by atoms with Crippen LogP contribution in [0.5, 0.6) is 0 Å². The molecule has 0 aliphatic heterocycles. The zero-order valence-corrected chi connectivity index (χ0v) is 6.77. The maximum Gasteiger partial charge on any atom is 0.0970 e. The number of nitrogens with one attached hydrogen (secondary N) is 1. The maximum atomic E-state index is 5.24. The highest BCUT2D eigenvalue weighted by molar-refractivity contribution is 4.46. The van der Waals surface area contributed by atoms with E-state index in [1.807, 2.05) is 13.8 Å². The first kappa shape index (κ1) is 8.92. The van der Waals surface area contributed by atoms with Gasteiger partial charge in [0, 0.05) is 6.04 Å². The van der Waals surface area contributed by atoms with Crippen molar-refractivity contribution < 1.29 is 4.74 Å². The Morgan fingerprint density at radius 2 is 1.78 bits per heavy atom. The van der Waals surface area contributed by atoms with E-state index in [4.69, 9.17) is 4.74 Å². The van der Waals surface area contributed by atoms with E-state index in [1.54, 1.807) is 0 Å². The highest BCUT2D eigenvalue weighted by Crippen LogP contribution is 1.85. The van der Waals surface area contributed by atoms with Gasteiger partial charge in [-0.15, -0.1) is 0 Å². The number of ether oxygens (including phenoxy) is 1. The van der Waals surface area contributed by atoms with Crippen LogP contribution in [-0.4, -0.2) is 18.9 Å². The first-order valence-electron chi connectivity index (χ1n) is 3.48. The first-order valence-corrected chi connectivity index (χ1v) is 3.48. The Balaban J connectivity index is 2.91. The quantitative estimate of drug-likeness (QED) is 0.582. The lowest BCUT2D eigenvalue weighted by Crippen LogP contribution is -2.27. The van der Waals surface area contributed by atoms with Gasteiger partial charge in [0.1, 0.15) is 0 Å². The molecule has 0 radical (unpaired) electrons. The Hall–Kier alpha value is -0.0800. The Kier molecular flexibility index (Phi) is 4.72. The fourth-order valence-corrected chi connectivity index (χ4v) is 0.381. The predicted octanol–water partition coefficient (Wildman–Crippen LogP) is 1.37. The van der Waals surface area contributed by atoms with Gasteiger partial charge in [0.2, 0.25) is 0 Å². The van der Waals surface area contributed by atoms with E-state index in [1.165, 1.54) is 0 Å². The van der Waals surface area contributed by atoms with Crippen LogP contribution in [0.4, 0.5) is 0 Å². The summed E-state index contributed by atoms with van der Waals surface area (Å²) in [4.78, 5) is 0. The number of hydrogen-bond acceptors (Lipinski definition) is 2. The van der Waals surface area contributed by atoms with Crippen molar-refractivity contribution in [3.63, 3.8) is 0 Å². The standard InChI is InChI=1S/C7H17NO/c1-6(2)8-5-9-7(3)4/h6-8H,5H2,1-4H3. The SMILES string of the molecule is CC(C)NCOC(C)C. The third-order valence-corrected chi connectivity index (χ3v) is 0.908. The molecule has 0 saturated heterocycles. The van der Waals surface area contributed by atoms with Crippen molar-refractivity contribution in [3.05, 3.63) is 0 Å². The number of rotatable bonds is 4. The summed E-state index contributed by atoms with van der Waals surface area (Å²) in [5.41, 5.74) is 0. The highest BCUT2D eigenvalue weighted by atomic mass is 16.5. The Bertz CT molecular complexity index is 53.9. The predicted molar refractivity (Wildman–Crippen MR) is 39.4 cm³/mol. The summed E-state index contributed by atoms with van der Waals surface area (Å²) < 4.78 is 5.24. The van der Waals surface area contributed by atoms with Crippen LogP contribution >= 0.6 is 0 Å². The van der Waals surface area contributed by atoms with Crippen molar-refractivity contribution in [2.75, 3.05) is 6.73 Å². The van der Waals surface area contributed by atoms with Gasteiger partial charge in [-0.1, -0.05) is 0 Å². The molecule has 0 fully saturated rings. The van der Waals surface area contributed by atoms with Crippen molar-refractivity contribution in [3.8, 4) is 0 Å². The summed E-state index contributed by atoms with van der Waals surface area (Å²) >= 11 is 0. The summed E-state index contributed by atoms with van der Waals surface area (Å²) in [6.45, 7) is 8.92. The average Bonchev–Trinajstić information content (AvgIpc) is 1.63. The van der Waals surface area contributed by atoms with E-state index in [0.717, 1.165) is 0 Å². The molecule has 56 valence electrons. The van der Waals surface area contributed by atoms with Crippen molar-refractivity contribution in [1.82, 2.24) is 5.32 Å². The zero-order chi connectivity index (χ0) is 7.28. The summed E-state index contributed by atoms with van der Waals surface area (Å²) in [5, 5.41) is 3.15. The second-order valence-corrected chi connectivity index (χ2v) is 2.72. The summed E-state index contributed by atoms with van der Waals surface area (Å²) in [5.74, 6) is 0. The van der Waals surface area contributed by atoms with Crippen molar-refractivity contribution >= 4 is 0 Å². The molecule has 0 aromatic heterocycles. The zero-order valence-electron chi connectivity index (χ0n) is 6.77. The van der Waals surface area contributed by atoms with Crippen LogP contribution in [0.1, 0.15) is 27.7 Å². The fourth-order valence-electron chi connectivity index (χ4n) is 0.381. The first-order chi connectivity index (χ1) is 4.13. The molecule has 0 saturated carbocycles. The largest absolute Gasteiger partial charge is 0.364 e. The van der Waals surface area contributed by atoms with E-state index >= 15 is 0 Å². The Morgan fingerprint density at radius 1 is 1.22 bits per heavy atom. The minimum Gasteiger partial charge on any atom is -0.364 e. The normalized spacial score (nSPS) is 11.3. The minimum absolute atomic E-state index is 0.330. The molecule has 2 heteroatoms. The van der Waals surface area contributed by atoms with Crippen LogP contribution in [0, 0.1) is 0 Å². The van der Waals surface area contributed by atoms with Gasteiger partial charge in [-0.05, 0) is 27.7 Å². The second kappa shape index (κ2) is 4.77. The van der Waals surface area contributed by atoms with Crippen LogP contribution in [0.2, 0.25) is 0 Å². The molecule has 0 unspecified atom stereocenters. The molecule has 0 atom stereocenters. The van der Waals surface area contributed by atoms with Gasteiger partial charge >= 0.3 is 0 Å². The van der Waals surface area contributed by atoms with Gasteiger partial charge < -0.3 is 4.74 Å². The van der Waals surface area contributed by atoms with Crippen LogP contribution in [-0.2, 0) is 4.74 Å². The van der Waals surface area contributed by atoms with Gasteiger partial charge in [-0.3, -0.25) is 5.32 Å². The summed E-state index contributed by atoms with van der Waals surface area (Å²) in [6.07, 6.45) is 0.330. The molecule has 0 aromatic carbocycles. The van der Waals surface area contributed by atoms with Gasteiger partial charge in [-0.25, -0.2) is 0 Å². The van der Waals surface area contributed by atoms with Gasteiger partial charge in [-0.2, -0.15) is 0 Å². The van der Waals surface area contributed by atoms with Crippen LogP contribution in [0.25, 0.3) is 0 Å². The van der Waals surface area contributed by atoms with Gasteiger partial charge in [0.25, 0.3) is 0 Å². The lowest BCUT2D eigenvalue weighted by atomic mass is 10.4. The molecule has 0 rings (SSSR count). The summed E-state index contributed by atoms with van der Waals surface area (Å²) in [7, 11) is 0. The van der Waals surface area contributed by atoms with E-state index in [0.29, 0.717) is 18.9 Å². The van der Waals surface area contributed by atoms with Crippen molar-refractivity contribution in [2.45, 2.75) is 39.8 Å². The molecule has 0 amide bonds. The van der Waals surface area contributed by atoms with Gasteiger partial charge in [0.15, 0.2) is 0 Å². The van der Waals surface area contributed by atoms with Crippen LogP contribution < -0.4 is 5.32 Å². The smallest absolute Gasteiger partial charge is 0.0970 e. The molecule has 2 nitrogen and oxygen atoms in total. The second-order valence-electron chi connectivity index (χ2n) is 2.72. The van der Waals surface area contributed by atoms with E-state index in [9.17, 15) is 0 Å². The molecule has 0 aliphatic rings. The Labute approximate surface area is 57.6 Å². The molecule has 0 aromatic rings. The lowest BCUT2D eigenvalue weighted by molar-refractivity contribution is 0.0604. The van der Waals surface area contributed by atoms with Crippen molar-refractivity contribution in [2.24, 2.45) is 0 Å². The molecule has 0 spiro atoms. The van der Waals surface area contributed by atoms with Crippen molar-refractivity contribution in [1.29, 1.82) is 0 Å². The highest BCUT2D eigenvalue weighted by Gasteiger charge is 1.92. The fraction of sp³-hybridized carbons (Fsp3) is 1.00. The third-order valence-electron chi connectivity index (χ3n) is 0.908. The lowest BCUT2D eigenvalue weighted by Gasteiger charge is -2.10. The van der Waals surface area contributed by atoms with E-state index in [2.05, 4.69) is 19.2 Å². The van der Waals surface area contributed by atoms with Crippen LogP contribution in [0.3, 0.4) is 0 Å². The number of hydrogen-bond donors (Lipinski definition) is 1. The summed E-state index contributed by atoms with van der Waals surface area (Å²) in [6, 6.07) is 0.517. The maximum absolute atomic E-state index is 5.24. The molecule has 9 heavy (non-hydrogen) atoms. The van der Waals surface area contributed by atoms with Crippen LogP contribution in [0.15, 0.2) is 0 Å². The topological polar surface area (TPSA) is 21.3 Å². The average molecular weight is 131 g/mol. The van der Waals surface area contributed by atoms with E-state index in [-0.39, 0.29) is 0 Å². The minimum atomic E-state index is 0.330. The third kappa shape index (κ3) is 7.92. The molecule has 1 N–H and O–H groups in total. The molecule has 0 bridgehead atoms.